The second kappa shape index (κ2) is 7.01. The monoisotopic (exact) mass is 356 g/mol. The van der Waals surface area contributed by atoms with E-state index in [1.54, 1.807) is 5.56 Å². The second-order valence-corrected chi connectivity index (χ2v) is 8.26. The van der Waals surface area contributed by atoms with Crippen LogP contribution in [0.25, 0.3) is 16.5 Å². The van der Waals surface area contributed by atoms with Crippen LogP contribution in [-0.2, 0) is 6.42 Å². The zero-order valence-electron chi connectivity index (χ0n) is 16.1. The molecule has 1 aliphatic carbocycles. The molecule has 2 aromatic carbocycles. The van der Waals surface area contributed by atoms with Gasteiger partial charge in [0.25, 0.3) is 0 Å². The van der Waals surface area contributed by atoms with Crippen LogP contribution in [0.5, 0.6) is 0 Å². The van der Waals surface area contributed by atoms with Gasteiger partial charge < -0.3 is 4.98 Å². The number of aromatic nitrogens is 1. The third-order valence-electron chi connectivity index (χ3n) is 6.69. The average Bonchev–Trinajstić information content (AvgIpc) is 3.11. The third-order valence-corrected chi connectivity index (χ3v) is 6.69. The lowest BCUT2D eigenvalue weighted by Gasteiger charge is -2.35. The van der Waals surface area contributed by atoms with Crippen LogP contribution < -0.4 is 0 Å². The molecule has 0 amide bonds. The number of H-pyrrole nitrogens is 1. The van der Waals surface area contributed by atoms with E-state index < -0.39 is 0 Å². The Morgan fingerprint density at radius 2 is 1.81 bits per heavy atom. The smallest absolute Gasteiger partial charge is 0.0459 e. The number of fused-ring (bicyclic) bond motifs is 3. The maximum Gasteiger partial charge on any atom is 0.0459 e. The minimum Gasteiger partial charge on any atom is -0.358 e. The van der Waals surface area contributed by atoms with Gasteiger partial charge in [-0.1, -0.05) is 61.5 Å². The number of hydrogen-bond acceptors (Lipinski definition) is 1. The van der Waals surface area contributed by atoms with E-state index in [4.69, 9.17) is 0 Å². The van der Waals surface area contributed by atoms with Crippen molar-refractivity contribution in [3.8, 4) is 0 Å². The molecular weight excluding hydrogens is 328 g/mol. The van der Waals surface area contributed by atoms with Gasteiger partial charge in [-0.3, -0.25) is 4.90 Å². The van der Waals surface area contributed by atoms with Crippen molar-refractivity contribution < 1.29 is 0 Å². The van der Waals surface area contributed by atoms with Crippen LogP contribution in [0, 0.1) is 5.92 Å². The summed E-state index contributed by atoms with van der Waals surface area (Å²) >= 11 is 0. The number of para-hydroxylation sites is 1. The summed E-state index contributed by atoms with van der Waals surface area (Å²) in [6.45, 7) is 5.94. The van der Waals surface area contributed by atoms with E-state index in [-0.39, 0.29) is 0 Å². The van der Waals surface area contributed by atoms with Crippen LogP contribution in [-0.4, -0.2) is 29.5 Å². The normalized spacial score (nSPS) is 23.2. The van der Waals surface area contributed by atoms with E-state index in [0.29, 0.717) is 5.92 Å². The molecule has 27 heavy (non-hydrogen) atoms. The predicted molar refractivity (Wildman–Crippen MR) is 114 cm³/mol. The Labute approximate surface area is 161 Å². The van der Waals surface area contributed by atoms with Crippen LogP contribution in [0.2, 0.25) is 0 Å². The van der Waals surface area contributed by atoms with Gasteiger partial charge in [-0.15, -0.1) is 0 Å². The molecule has 0 spiro atoms. The van der Waals surface area contributed by atoms with E-state index >= 15 is 0 Å². The molecule has 1 aromatic heterocycles. The molecule has 2 unspecified atom stereocenters. The van der Waals surface area contributed by atoms with Gasteiger partial charge in [-0.2, -0.15) is 0 Å². The Hall–Kier alpha value is -2.32. The van der Waals surface area contributed by atoms with E-state index in [2.05, 4.69) is 77.5 Å². The van der Waals surface area contributed by atoms with Crippen molar-refractivity contribution in [2.24, 2.45) is 5.92 Å². The Morgan fingerprint density at radius 3 is 2.63 bits per heavy atom. The summed E-state index contributed by atoms with van der Waals surface area (Å²) in [4.78, 5) is 6.33. The van der Waals surface area contributed by atoms with Crippen molar-refractivity contribution in [3.63, 3.8) is 0 Å². The summed E-state index contributed by atoms with van der Waals surface area (Å²) in [5.41, 5.74) is 7.28. The summed E-state index contributed by atoms with van der Waals surface area (Å²) < 4.78 is 0. The molecule has 3 aromatic rings. The third kappa shape index (κ3) is 3.12. The number of aryl methyl sites for hydroxylation is 1. The lowest BCUT2D eigenvalue weighted by Crippen LogP contribution is -2.36. The fourth-order valence-corrected chi connectivity index (χ4v) is 5.12. The molecule has 1 aliphatic heterocycles. The van der Waals surface area contributed by atoms with Gasteiger partial charge in [0.2, 0.25) is 0 Å². The average molecular weight is 357 g/mol. The van der Waals surface area contributed by atoms with Crippen molar-refractivity contribution >= 4 is 16.5 Å². The first-order valence-corrected chi connectivity index (χ1v) is 10.4. The zero-order chi connectivity index (χ0) is 18.2. The van der Waals surface area contributed by atoms with Crippen molar-refractivity contribution in [3.05, 3.63) is 77.5 Å². The standard InChI is InChI=1S/C25H28N2/c1-18-21(11-12-24-25(18)22-9-5-6-10-23(22)26-24)17-27-15-13-20(14-16-27)19-7-3-2-4-8-19/h2-10,13,18,21,26H,11-12,14-17H2,1H3. The molecule has 0 bridgehead atoms. The summed E-state index contributed by atoms with van der Waals surface area (Å²) in [5, 5.41) is 1.44. The van der Waals surface area contributed by atoms with Crippen molar-refractivity contribution in [2.75, 3.05) is 19.6 Å². The summed E-state index contributed by atoms with van der Waals surface area (Å²) in [7, 11) is 0. The van der Waals surface area contributed by atoms with E-state index in [1.807, 2.05) is 0 Å². The fourth-order valence-electron chi connectivity index (χ4n) is 5.12. The van der Waals surface area contributed by atoms with Crippen molar-refractivity contribution in [1.82, 2.24) is 9.88 Å². The first-order valence-electron chi connectivity index (χ1n) is 10.4. The van der Waals surface area contributed by atoms with Crippen LogP contribution in [0.1, 0.15) is 42.5 Å². The van der Waals surface area contributed by atoms with Gasteiger partial charge in [-0.25, -0.2) is 0 Å². The van der Waals surface area contributed by atoms with Crippen molar-refractivity contribution in [1.29, 1.82) is 0 Å². The molecule has 0 saturated carbocycles. The van der Waals surface area contributed by atoms with Gasteiger partial charge in [0, 0.05) is 36.2 Å². The first kappa shape index (κ1) is 16.8. The van der Waals surface area contributed by atoms with Gasteiger partial charge in [0.05, 0.1) is 0 Å². The SMILES string of the molecule is CC1c2c([nH]c3ccccc23)CCC1CN1CC=C(c2ccccc2)CC1. The summed E-state index contributed by atoms with van der Waals surface area (Å²) in [6, 6.07) is 19.7. The van der Waals surface area contributed by atoms with E-state index in [9.17, 15) is 0 Å². The molecular formula is C25H28N2. The van der Waals surface area contributed by atoms with E-state index in [0.717, 1.165) is 12.5 Å². The highest BCUT2D eigenvalue weighted by Crippen LogP contribution is 2.40. The highest BCUT2D eigenvalue weighted by atomic mass is 15.1. The second-order valence-electron chi connectivity index (χ2n) is 8.26. The molecule has 5 rings (SSSR count). The lowest BCUT2D eigenvalue weighted by atomic mass is 9.77. The van der Waals surface area contributed by atoms with Gasteiger partial charge in [-0.05, 0) is 53.9 Å². The predicted octanol–water partition coefficient (Wildman–Crippen LogP) is 5.62. The Balaban J connectivity index is 1.30. The Bertz CT molecular complexity index is 966. The number of rotatable bonds is 3. The minimum atomic E-state index is 0.629. The lowest BCUT2D eigenvalue weighted by molar-refractivity contribution is 0.220. The van der Waals surface area contributed by atoms with Gasteiger partial charge in [0.1, 0.15) is 0 Å². The molecule has 2 atom stereocenters. The topological polar surface area (TPSA) is 19.0 Å². The maximum atomic E-state index is 3.67. The number of aromatic amines is 1. The van der Waals surface area contributed by atoms with Gasteiger partial charge in [0.15, 0.2) is 0 Å². The van der Waals surface area contributed by atoms with Crippen LogP contribution in [0.3, 0.4) is 0 Å². The molecule has 2 aliphatic rings. The number of nitrogens with zero attached hydrogens (tertiary/aromatic N) is 1. The molecule has 138 valence electrons. The maximum absolute atomic E-state index is 3.67. The summed E-state index contributed by atoms with van der Waals surface area (Å²) in [5.74, 6) is 1.38. The van der Waals surface area contributed by atoms with Crippen LogP contribution in [0.4, 0.5) is 0 Å². The first-order chi connectivity index (χ1) is 13.3. The zero-order valence-corrected chi connectivity index (χ0v) is 16.1. The van der Waals surface area contributed by atoms with Crippen LogP contribution >= 0.6 is 0 Å². The molecule has 2 nitrogen and oxygen atoms in total. The minimum absolute atomic E-state index is 0.629. The molecule has 0 fully saturated rings. The highest BCUT2D eigenvalue weighted by molar-refractivity contribution is 5.85. The van der Waals surface area contributed by atoms with Crippen molar-refractivity contribution in [2.45, 2.75) is 32.1 Å². The largest absolute Gasteiger partial charge is 0.358 e. The van der Waals surface area contributed by atoms with Gasteiger partial charge >= 0.3 is 0 Å². The Kier molecular flexibility index (Phi) is 4.37. The number of nitrogens with one attached hydrogen (secondary N) is 1. The molecule has 0 radical (unpaired) electrons. The number of benzene rings is 2. The van der Waals surface area contributed by atoms with E-state index in [1.165, 1.54) is 60.1 Å². The molecule has 1 N–H and O–H groups in total. The molecule has 0 saturated heterocycles. The molecule has 2 heteroatoms. The summed E-state index contributed by atoms with van der Waals surface area (Å²) in [6.07, 6.45) is 6.11. The fraction of sp³-hybridized carbons (Fsp3) is 0.360. The highest BCUT2D eigenvalue weighted by Gasteiger charge is 2.30. The Morgan fingerprint density at radius 1 is 1.00 bits per heavy atom. The van der Waals surface area contributed by atoms with Crippen LogP contribution in [0.15, 0.2) is 60.7 Å². The molecule has 2 heterocycles. The number of hydrogen-bond donors (Lipinski definition) is 1. The quantitative estimate of drug-likeness (QED) is 0.645.